The van der Waals surface area contributed by atoms with E-state index in [4.69, 9.17) is 0 Å². The summed E-state index contributed by atoms with van der Waals surface area (Å²) in [5.74, 6) is -3.48. The number of hydrogen-bond acceptors (Lipinski definition) is 4. The van der Waals surface area contributed by atoms with E-state index in [9.17, 15) is 19.2 Å². The highest BCUT2D eigenvalue weighted by Crippen LogP contribution is 2.63. The van der Waals surface area contributed by atoms with Gasteiger partial charge in [0.25, 0.3) is 0 Å². The van der Waals surface area contributed by atoms with Crippen molar-refractivity contribution in [2.24, 2.45) is 41.4 Å². The molecule has 0 N–H and O–H groups in total. The summed E-state index contributed by atoms with van der Waals surface area (Å²) in [6.07, 6.45) is 4.63. The second-order valence-corrected chi connectivity index (χ2v) is 12.2. The first-order valence-corrected chi connectivity index (χ1v) is 14.8. The summed E-state index contributed by atoms with van der Waals surface area (Å²) in [6.45, 7) is 0.487. The lowest BCUT2D eigenvalue weighted by molar-refractivity contribution is -0.143. The maximum absolute atomic E-state index is 14.2. The van der Waals surface area contributed by atoms with E-state index in [1.165, 1.54) is 9.80 Å². The Balaban J connectivity index is 1.23. The Bertz CT molecular complexity index is 1680. The molecule has 0 unspecified atom stereocenters. The van der Waals surface area contributed by atoms with Crippen LogP contribution in [0.25, 0.3) is 5.57 Å². The highest BCUT2D eigenvalue weighted by Gasteiger charge is 2.66. The predicted octanol–water partition coefficient (Wildman–Crippen LogP) is 4.88. The van der Waals surface area contributed by atoms with Crippen molar-refractivity contribution in [3.05, 3.63) is 125 Å². The lowest BCUT2D eigenvalue weighted by Crippen LogP contribution is -2.51. The monoisotopic (exact) mass is 554 g/mol. The molecule has 3 aromatic rings. The van der Waals surface area contributed by atoms with Crippen LogP contribution < -0.4 is 0 Å². The molecule has 208 valence electrons. The van der Waals surface area contributed by atoms with Gasteiger partial charge in [-0.1, -0.05) is 109 Å². The van der Waals surface area contributed by atoms with Crippen molar-refractivity contribution in [2.45, 2.75) is 19.5 Å². The second kappa shape index (κ2) is 9.48. The summed E-state index contributed by atoms with van der Waals surface area (Å²) in [4.78, 5) is 59.0. The molecule has 0 radical (unpaired) electrons. The van der Waals surface area contributed by atoms with Gasteiger partial charge in [-0.25, -0.2) is 0 Å². The summed E-state index contributed by atoms with van der Waals surface area (Å²) >= 11 is 0. The Hall–Kier alpha value is -4.58. The Morgan fingerprint density at radius 3 is 1.69 bits per heavy atom. The first-order valence-electron chi connectivity index (χ1n) is 14.8. The van der Waals surface area contributed by atoms with E-state index in [2.05, 4.69) is 24.3 Å². The third kappa shape index (κ3) is 3.57. The van der Waals surface area contributed by atoms with Crippen LogP contribution in [0, 0.1) is 41.4 Å². The fourth-order valence-corrected chi connectivity index (χ4v) is 8.49. The van der Waals surface area contributed by atoms with Crippen LogP contribution in [0.1, 0.15) is 23.1 Å². The number of amides is 4. The van der Waals surface area contributed by atoms with Gasteiger partial charge < -0.3 is 0 Å². The highest BCUT2D eigenvalue weighted by atomic mass is 16.2. The van der Waals surface area contributed by atoms with Crippen molar-refractivity contribution in [3.63, 3.8) is 0 Å². The normalized spacial score (nSPS) is 31.1. The van der Waals surface area contributed by atoms with Crippen LogP contribution in [0.3, 0.4) is 0 Å². The minimum Gasteiger partial charge on any atom is -0.278 e. The maximum Gasteiger partial charge on any atom is 0.234 e. The van der Waals surface area contributed by atoms with Crippen LogP contribution >= 0.6 is 0 Å². The van der Waals surface area contributed by atoms with Crippen molar-refractivity contribution in [3.8, 4) is 0 Å². The van der Waals surface area contributed by atoms with Gasteiger partial charge in [0.1, 0.15) is 0 Å². The molecule has 7 atom stereocenters. The number of rotatable bonds is 5. The molecule has 6 heteroatoms. The summed E-state index contributed by atoms with van der Waals surface area (Å²) < 4.78 is 0. The zero-order chi connectivity index (χ0) is 28.5. The molecule has 4 aliphatic carbocycles. The lowest BCUT2D eigenvalue weighted by Gasteiger charge is -2.51. The molecule has 2 aliphatic heterocycles. The smallest absolute Gasteiger partial charge is 0.234 e. The SMILES string of the molecule is O=C1[C@@H]2[C@H]3C=C[C@@H](C4=C(c5ccccc5)C[C@H]5C(=O)N(Cc6ccccc6)C(=O)[C@H]5[C@H]43)[C@H]2C(=O)N1Cc1ccccc1. The second-order valence-electron chi connectivity index (χ2n) is 12.2. The number of imide groups is 2. The van der Waals surface area contributed by atoms with E-state index in [0.29, 0.717) is 6.42 Å². The van der Waals surface area contributed by atoms with Crippen molar-refractivity contribution >= 4 is 29.2 Å². The minimum absolute atomic E-state index is 0.131. The molecule has 2 bridgehead atoms. The van der Waals surface area contributed by atoms with Crippen molar-refractivity contribution in [1.29, 1.82) is 0 Å². The molecule has 42 heavy (non-hydrogen) atoms. The molecule has 2 saturated heterocycles. The number of carbonyl (C=O) groups excluding carboxylic acids is 4. The minimum atomic E-state index is -0.534. The lowest BCUT2D eigenvalue weighted by atomic mass is 9.49. The Morgan fingerprint density at radius 1 is 0.548 bits per heavy atom. The number of allylic oxidation sites excluding steroid dienone is 4. The van der Waals surface area contributed by atoms with E-state index >= 15 is 0 Å². The summed E-state index contributed by atoms with van der Waals surface area (Å²) in [5, 5.41) is 0. The number of nitrogens with zero attached hydrogens (tertiary/aromatic N) is 2. The third-order valence-corrected chi connectivity index (χ3v) is 10.2. The molecule has 3 aromatic carbocycles. The molecular weight excluding hydrogens is 524 g/mol. The molecule has 0 aromatic heterocycles. The molecule has 9 rings (SSSR count). The maximum atomic E-state index is 14.2. The van der Waals surface area contributed by atoms with Crippen LogP contribution in [0.4, 0.5) is 0 Å². The van der Waals surface area contributed by atoms with Gasteiger partial charge >= 0.3 is 0 Å². The average molecular weight is 555 g/mol. The average Bonchev–Trinajstić information content (AvgIpc) is 3.43. The van der Waals surface area contributed by atoms with E-state index in [0.717, 1.165) is 27.8 Å². The van der Waals surface area contributed by atoms with E-state index < -0.39 is 23.7 Å². The number of fused-ring (bicyclic) bond motifs is 1. The third-order valence-electron chi connectivity index (χ3n) is 10.2. The molecule has 3 fully saturated rings. The quantitative estimate of drug-likeness (QED) is 0.333. The van der Waals surface area contributed by atoms with E-state index in [-0.39, 0.29) is 54.5 Å². The summed E-state index contributed by atoms with van der Waals surface area (Å²) in [7, 11) is 0. The van der Waals surface area contributed by atoms with Crippen LogP contribution in [0.2, 0.25) is 0 Å². The van der Waals surface area contributed by atoms with Crippen molar-refractivity contribution in [1.82, 2.24) is 9.80 Å². The molecule has 4 amide bonds. The zero-order valence-corrected chi connectivity index (χ0v) is 23.0. The largest absolute Gasteiger partial charge is 0.278 e. The van der Waals surface area contributed by atoms with Gasteiger partial charge in [-0.2, -0.15) is 0 Å². The van der Waals surface area contributed by atoms with Crippen molar-refractivity contribution in [2.75, 3.05) is 0 Å². The number of carbonyl (C=O) groups is 4. The Kier molecular flexibility index (Phi) is 5.68. The van der Waals surface area contributed by atoms with Crippen LogP contribution in [-0.4, -0.2) is 33.4 Å². The molecule has 2 heterocycles. The van der Waals surface area contributed by atoms with Gasteiger partial charge in [0.2, 0.25) is 23.6 Å². The molecular formula is C36H30N2O4. The Labute approximate surface area is 244 Å². The number of likely N-dealkylation sites (tertiary alicyclic amines) is 2. The first kappa shape index (κ1) is 25.2. The highest BCUT2D eigenvalue weighted by molar-refractivity contribution is 6.09. The summed E-state index contributed by atoms with van der Waals surface area (Å²) in [6, 6.07) is 29.2. The topological polar surface area (TPSA) is 74.8 Å². The van der Waals surface area contributed by atoms with Gasteiger partial charge in [0.15, 0.2) is 0 Å². The fourth-order valence-electron chi connectivity index (χ4n) is 8.49. The van der Waals surface area contributed by atoms with Crippen LogP contribution in [0.15, 0.2) is 109 Å². The van der Waals surface area contributed by atoms with E-state index in [1.54, 1.807) is 0 Å². The molecule has 0 spiro atoms. The van der Waals surface area contributed by atoms with Gasteiger partial charge in [0.05, 0.1) is 36.8 Å². The molecule has 6 nitrogen and oxygen atoms in total. The van der Waals surface area contributed by atoms with Crippen molar-refractivity contribution < 1.29 is 19.2 Å². The standard InChI is InChI=1S/C36H30N2O4/c39-33-27-18-26(23-14-8-3-9-15-23)28-24-16-17-25(29(28)32(27)36(42)37(33)19-21-10-4-1-5-11-21)31-30(24)34(40)38(35(31)41)20-22-12-6-2-7-13-22/h1-17,24-25,27,29-32H,18-20H2/t24-,25-,27+,29-,30+,31+,32+/m0/s1. The molecule has 1 saturated carbocycles. The number of benzene rings is 3. The predicted molar refractivity (Wildman–Crippen MR) is 156 cm³/mol. The van der Waals surface area contributed by atoms with Gasteiger partial charge in [0, 0.05) is 11.8 Å². The van der Waals surface area contributed by atoms with E-state index in [1.807, 2.05) is 78.9 Å². The van der Waals surface area contributed by atoms with Crippen LogP contribution in [-0.2, 0) is 32.3 Å². The fraction of sp³-hybridized carbons (Fsp3) is 0.278. The zero-order valence-electron chi connectivity index (χ0n) is 23.0. The van der Waals surface area contributed by atoms with Crippen LogP contribution in [0.5, 0.6) is 0 Å². The van der Waals surface area contributed by atoms with Gasteiger partial charge in [-0.3, -0.25) is 29.0 Å². The Morgan fingerprint density at radius 2 is 1.07 bits per heavy atom. The first-order chi connectivity index (χ1) is 20.5. The van der Waals surface area contributed by atoms with Gasteiger partial charge in [-0.15, -0.1) is 0 Å². The summed E-state index contributed by atoms with van der Waals surface area (Å²) in [5.41, 5.74) is 4.99. The number of hydrogen-bond donors (Lipinski definition) is 0. The van der Waals surface area contributed by atoms with Gasteiger partial charge in [-0.05, 0) is 34.6 Å². The molecule has 6 aliphatic rings.